The van der Waals surface area contributed by atoms with Crippen molar-refractivity contribution in [3.63, 3.8) is 0 Å². The molecule has 0 saturated carbocycles. The first-order valence-corrected chi connectivity index (χ1v) is 10.5. The molecule has 0 atom stereocenters. The van der Waals surface area contributed by atoms with E-state index in [1.807, 2.05) is 78.6 Å². The minimum absolute atomic E-state index is 0.141. The monoisotopic (exact) mass is 414 g/mol. The maximum atomic E-state index is 12.6. The molecule has 31 heavy (non-hydrogen) atoms. The highest BCUT2D eigenvalue weighted by Crippen LogP contribution is 2.18. The molecule has 6 nitrogen and oxygen atoms in total. The predicted octanol–water partition coefficient (Wildman–Crippen LogP) is 3.53. The van der Waals surface area contributed by atoms with Gasteiger partial charge in [0, 0.05) is 31.7 Å². The van der Waals surface area contributed by atoms with Gasteiger partial charge in [-0.25, -0.2) is 4.98 Å². The number of aryl methyl sites for hydroxylation is 1. The number of anilines is 2. The zero-order chi connectivity index (χ0) is 21.6. The van der Waals surface area contributed by atoms with Crippen molar-refractivity contribution >= 4 is 23.3 Å². The van der Waals surface area contributed by atoms with Crippen LogP contribution in [0.3, 0.4) is 0 Å². The van der Waals surface area contributed by atoms with Crippen molar-refractivity contribution in [3.05, 3.63) is 89.6 Å². The molecule has 1 fully saturated rings. The molecular weight excluding hydrogens is 388 g/mol. The Kier molecular flexibility index (Phi) is 6.26. The fourth-order valence-electron chi connectivity index (χ4n) is 3.74. The fraction of sp³-hybridized carbons (Fsp3) is 0.240. The molecule has 2 aromatic carbocycles. The Morgan fingerprint density at radius 2 is 1.61 bits per heavy atom. The number of piperazine rings is 1. The van der Waals surface area contributed by atoms with E-state index in [9.17, 15) is 9.59 Å². The largest absolute Gasteiger partial charge is 0.353 e. The van der Waals surface area contributed by atoms with Crippen molar-refractivity contribution in [1.82, 2.24) is 9.88 Å². The van der Waals surface area contributed by atoms with Crippen molar-refractivity contribution in [1.29, 1.82) is 0 Å². The molecule has 0 aliphatic carbocycles. The van der Waals surface area contributed by atoms with Crippen LogP contribution in [0.1, 0.15) is 21.5 Å². The van der Waals surface area contributed by atoms with Gasteiger partial charge in [0.1, 0.15) is 5.82 Å². The van der Waals surface area contributed by atoms with Gasteiger partial charge in [-0.2, -0.15) is 0 Å². The molecule has 1 saturated heterocycles. The second-order valence-electron chi connectivity index (χ2n) is 7.70. The number of hydrogen-bond acceptors (Lipinski definition) is 4. The van der Waals surface area contributed by atoms with Crippen LogP contribution in [0.2, 0.25) is 0 Å². The van der Waals surface area contributed by atoms with Crippen LogP contribution in [0.25, 0.3) is 0 Å². The summed E-state index contributed by atoms with van der Waals surface area (Å²) in [7, 11) is 0. The van der Waals surface area contributed by atoms with Gasteiger partial charge in [0.05, 0.1) is 18.3 Å². The number of aromatic nitrogens is 1. The molecule has 0 bridgehead atoms. The van der Waals surface area contributed by atoms with E-state index >= 15 is 0 Å². The number of carbonyl (C=O) groups is 2. The molecule has 1 aromatic heterocycles. The summed E-state index contributed by atoms with van der Waals surface area (Å²) in [5.41, 5.74) is 3.29. The minimum atomic E-state index is -0.141. The van der Waals surface area contributed by atoms with E-state index in [0.717, 1.165) is 30.0 Å². The van der Waals surface area contributed by atoms with Crippen molar-refractivity contribution in [2.24, 2.45) is 0 Å². The Labute approximate surface area is 182 Å². The Balaban J connectivity index is 1.30. The predicted molar refractivity (Wildman–Crippen MR) is 122 cm³/mol. The zero-order valence-electron chi connectivity index (χ0n) is 17.6. The summed E-state index contributed by atoms with van der Waals surface area (Å²) >= 11 is 0. The quantitative estimate of drug-likeness (QED) is 0.694. The van der Waals surface area contributed by atoms with E-state index in [1.54, 1.807) is 6.20 Å². The number of pyridine rings is 1. The van der Waals surface area contributed by atoms with Crippen LogP contribution in [0, 0.1) is 6.92 Å². The van der Waals surface area contributed by atoms with Crippen LogP contribution < -0.4 is 10.2 Å². The van der Waals surface area contributed by atoms with Gasteiger partial charge in [0.25, 0.3) is 5.91 Å². The van der Waals surface area contributed by atoms with Gasteiger partial charge >= 0.3 is 0 Å². The fourth-order valence-corrected chi connectivity index (χ4v) is 3.74. The van der Waals surface area contributed by atoms with Gasteiger partial charge in [-0.3, -0.25) is 9.59 Å². The van der Waals surface area contributed by atoms with Crippen LogP contribution in [-0.2, 0) is 11.2 Å². The smallest absolute Gasteiger partial charge is 0.255 e. The summed E-state index contributed by atoms with van der Waals surface area (Å²) in [6.07, 6.45) is 2.12. The summed E-state index contributed by atoms with van der Waals surface area (Å²) in [5.74, 6) is 0.871. The number of amides is 2. The molecule has 6 heteroatoms. The molecule has 1 N–H and O–H groups in total. The maximum Gasteiger partial charge on any atom is 0.255 e. The van der Waals surface area contributed by atoms with Gasteiger partial charge in [0.2, 0.25) is 5.91 Å². The molecule has 0 unspecified atom stereocenters. The van der Waals surface area contributed by atoms with E-state index in [-0.39, 0.29) is 11.8 Å². The number of hydrogen-bond donors (Lipinski definition) is 1. The molecule has 2 heterocycles. The van der Waals surface area contributed by atoms with E-state index in [2.05, 4.69) is 15.2 Å². The van der Waals surface area contributed by atoms with Crippen LogP contribution >= 0.6 is 0 Å². The van der Waals surface area contributed by atoms with Crippen molar-refractivity contribution in [2.75, 3.05) is 36.4 Å². The van der Waals surface area contributed by atoms with Crippen LogP contribution in [-0.4, -0.2) is 47.9 Å². The lowest BCUT2D eigenvalue weighted by molar-refractivity contribution is -0.130. The number of rotatable bonds is 5. The standard InChI is InChI=1S/C25H26N4O2/c1-19-7-5-6-10-22(19)25(31)27-21-11-12-23(26-18-21)28-13-15-29(16-14-28)24(30)17-20-8-3-2-4-9-20/h2-12,18H,13-17H2,1H3,(H,27,31). The van der Waals surface area contributed by atoms with Crippen molar-refractivity contribution < 1.29 is 9.59 Å². The highest BCUT2D eigenvalue weighted by molar-refractivity contribution is 6.05. The van der Waals surface area contributed by atoms with Crippen molar-refractivity contribution in [3.8, 4) is 0 Å². The topological polar surface area (TPSA) is 65.5 Å². The van der Waals surface area contributed by atoms with Crippen molar-refractivity contribution in [2.45, 2.75) is 13.3 Å². The summed E-state index contributed by atoms with van der Waals surface area (Å²) in [6, 6.07) is 21.1. The Bertz CT molecular complexity index is 1040. The molecule has 4 rings (SSSR count). The number of nitrogens with zero attached hydrogens (tertiary/aromatic N) is 3. The van der Waals surface area contributed by atoms with Crippen LogP contribution in [0.4, 0.5) is 11.5 Å². The van der Waals surface area contributed by atoms with E-state index in [0.29, 0.717) is 30.8 Å². The van der Waals surface area contributed by atoms with Gasteiger partial charge in [0.15, 0.2) is 0 Å². The molecule has 0 radical (unpaired) electrons. The Morgan fingerprint density at radius 1 is 0.903 bits per heavy atom. The molecule has 2 amide bonds. The molecule has 1 aliphatic rings. The zero-order valence-corrected chi connectivity index (χ0v) is 17.6. The van der Waals surface area contributed by atoms with E-state index in [1.165, 1.54) is 0 Å². The third kappa shape index (κ3) is 5.09. The normalized spacial score (nSPS) is 13.7. The average Bonchev–Trinajstić information content (AvgIpc) is 2.80. The summed E-state index contributed by atoms with van der Waals surface area (Å²) in [6.45, 7) is 4.75. The molecule has 1 aliphatic heterocycles. The second kappa shape index (κ2) is 9.43. The first kappa shape index (κ1) is 20.6. The molecular formula is C25H26N4O2. The van der Waals surface area contributed by atoms with E-state index < -0.39 is 0 Å². The van der Waals surface area contributed by atoms with Crippen LogP contribution in [0.5, 0.6) is 0 Å². The summed E-state index contributed by atoms with van der Waals surface area (Å²) in [4.78, 5) is 33.6. The third-order valence-corrected chi connectivity index (χ3v) is 5.55. The number of nitrogens with one attached hydrogen (secondary N) is 1. The molecule has 158 valence electrons. The lowest BCUT2D eigenvalue weighted by atomic mass is 10.1. The number of benzene rings is 2. The lowest BCUT2D eigenvalue weighted by Gasteiger charge is -2.35. The second-order valence-corrected chi connectivity index (χ2v) is 7.70. The van der Waals surface area contributed by atoms with Gasteiger partial charge in [-0.1, -0.05) is 48.5 Å². The van der Waals surface area contributed by atoms with E-state index in [4.69, 9.17) is 0 Å². The highest BCUT2D eigenvalue weighted by atomic mass is 16.2. The Morgan fingerprint density at radius 3 is 2.29 bits per heavy atom. The van der Waals surface area contributed by atoms with Gasteiger partial charge < -0.3 is 15.1 Å². The van der Waals surface area contributed by atoms with Gasteiger partial charge in [-0.05, 0) is 36.2 Å². The minimum Gasteiger partial charge on any atom is -0.353 e. The maximum absolute atomic E-state index is 12.6. The highest BCUT2D eigenvalue weighted by Gasteiger charge is 2.22. The Hall–Kier alpha value is -3.67. The third-order valence-electron chi connectivity index (χ3n) is 5.55. The lowest BCUT2D eigenvalue weighted by Crippen LogP contribution is -2.49. The molecule has 3 aromatic rings. The first-order chi connectivity index (χ1) is 15.1. The average molecular weight is 415 g/mol. The van der Waals surface area contributed by atoms with Gasteiger partial charge in [-0.15, -0.1) is 0 Å². The number of carbonyl (C=O) groups excluding carboxylic acids is 2. The summed E-state index contributed by atoms with van der Waals surface area (Å²) < 4.78 is 0. The summed E-state index contributed by atoms with van der Waals surface area (Å²) in [5, 5.41) is 2.90. The SMILES string of the molecule is Cc1ccccc1C(=O)Nc1ccc(N2CCN(C(=O)Cc3ccccc3)CC2)nc1. The molecule has 0 spiro atoms. The van der Waals surface area contributed by atoms with Crippen LogP contribution in [0.15, 0.2) is 72.9 Å². The first-order valence-electron chi connectivity index (χ1n) is 10.5.